The van der Waals surface area contributed by atoms with Crippen LogP contribution in [0, 0.1) is 17.0 Å². The van der Waals surface area contributed by atoms with E-state index in [4.69, 9.17) is 0 Å². The smallest absolute Gasteiger partial charge is 0.258 e. The van der Waals surface area contributed by atoms with Crippen molar-refractivity contribution in [3.8, 4) is 0 Å². The average molecular weight is 267 g/mol. The van der Waals surface area contributed by atoms with Gasteiger partial charge >= 0.3 is 5.69 Å². The molecule has 0 radical (unpaired) electrons. The summed E-state index contributed by atoms with van der Waals surface area (Å²) in [7, 11) is 0. The van der Waals surface area contributed by atoms with Crippen molar-refractivity contribution in [3.05, 3.63) is 44.5 Å². The Labute approximate surface area is 94.2 Å². The number of halogens is 1. The predicted octanol–water partition coefficient (Wildman–Crippen LogP) is 3.21. The van der Waals surface area contributed by atoms with Crippen molar-refractivity contribution in [3.63, 3.8) is 0 Å². The number of hydrogen-bond acceptors (Lipinski definition) is 3. The zero-order valence-electron chi connectivity index (χ0n) is 7.90. The first-order valence-electron chi connectivity index (χ1n) is 4.29. The minimum absolute atomic E-state index is 0.00639. The van der Waals surface area contributed by atoms with Gasteiger partial charge < -0.3 is 0 Å². The molecule has 5 heteroatoms. The van der Waals surface area contributed by atoms with E-state index in [1.165, 1.54) is 6.20 Å². The molecule has 0 unspecified atom stereocenters. The van der Waals surface area contributed by atoms with Gasteiger partial charge in [-0.15, -0.1) is 0 Å². The van der Waals surface area contributed by atoms with Gasteiger partial charge in [-0.3, -0.25) is 10.1 Å². The van der Waals surface area contributed by atoms with Crippen LogP contribution in [-0.2, 0) is 0 Å². The second-order valence-electron chi connectivity index (χ2n) is 3.19. The summed E-state index contributed by atoms with van der Waals surface area (Å²) in [5.74, 6) is 0. The van der Waals surface area contributed by atoms with Crippen molar-refractivity contribution in [2.24, 2.45) is 0 Å². The van der Waals surface area contributed by atoms with Crippen molar-refractivity contribution < 1.29 is 4.92 Å². The number of pyridine rings is 1. The molecule has 0 bridgehead atoms. The highest BCUT2D eigenvalue weighted by molar-refractivity contribution is 9.10. The molecule has 0 aliphatic heterocycles. The Hall–Kier alpha value is -1.49. The molecule has 1 aromatic carbocycles. The molecule has 2 aromatic rings. The molecule has 2 rings (SSSR count). The SMILES string of the molecule is Cc1cccc2c(Br)c([N+](=O)[O-])cnc12. The van der Waals surface area contributed by atoms with Gasteiger partial charge in [-0.2, -0.15) is 0 Å². The summed E-state index contributed by atoms with van der Waals surface area (Å²) < 4.78 is 0.487. The van der Waals surface area contributed by atoms with E-state index in [0.29, 0.717) is 4.47 Å². The summed E-state index contributed by atoms with van der Waals surface area (Å²) in [6, 6.07) is 5.59. The van der Waals surface area contributed by atoms with E-state index in [2.05, 4.69) is 20.9 Å². The number of aromatic nitrogens is 1. The Kier molecular flexibility index (Phi) is 2.40. The van der Waals surface area contributed by atoms with E-state index in [0.717, 1.165) is 16.5 Å². The highest BCUT2D eigenvalue weighted by atomic mass is 79.9. The lowest BCUT2D eigenvalue weighted by Gasteiger charge is -2.03. The fourth-order valence-electron chi connectivity index (χ4n) is 1.46. The zero-order chi connectivity index (χ0) is 11.0. The molecule has 0 saturated heterocycles. The molecule has 0 N–H and O–H groups in total. The maximum atomic E-state index is 10.7. The first kappa shape index (κ1) is 10.0. The molecular formula is C10H7BrN2O2. The molecule has 1 aromatic heterocycles. The van der Waals surface area contributed by atoms with Gasteiger partial charge in [0.25, 0.3) is 0 Å². The maximum absolute atomic E-state index is 10.7. The van der Waals surface area contributed by atoms with Gasteiger partial charge in [0.15, 0.2) is 0 Å². The molecule has 4 nitrogen and oxygen atoms in total. The highest BCUT2D eigenvalue weighted by Crippen LogP contribution is 2.32. The Morgan fingerprint density at radius 1 is 1.47 bits per heavy atom. The number of benzene rings is 1. The van der Waals surface area contributed by atoms with Crippen LogP contribution in [0.5, 0.6) is 0 Å². The third-order valence-electron chi connectivity index (χ3n) is 2.21. The van der Waals surface area contributed by atoms with Crippen molar-refractivity contribution in [2.75, 3.05) is 0 Å². The van der Waals surface area contributed by atoms with E-state index in [-0.39, 0.29) is 5.69 Å². The molecule has 0 saturated carbocycles. The standard InChI is InChI=1S/C10H7BrN2O2/c1-6-3-2-4-7-9(11)8(13(14)15)5-12-10(6)7/h2-5H,1H3. The number of fused-ring (bicyclic) bond motifs is 1. The molecule has 0 aliphatic carbocycles. The second-order valence-corrected chi connectivity index (χ2v) is 3.98. The molecule has 0 amide bonds. The fourth-order valence-corrected chi connectivity index (χ4v) is 2.02. The van der Waals surface area contributed by atoms with E-state index >= 15 is 0 Å². The van der Waals surface area contributed by atoms with Gasteiger partial charge in [0, 0.05) is 5.39 Å². The van der Waals surface area contributed by atoms with Crippen LogP contribution in [0.2, 0.25) is 0 Å². The van der Waals surface area contributed by atoms with Gasteiger partial charge in [0.05, 0.1) is 10.4 Å². The Morgan fingerprint density at radius 2 is 2.20 bits per heavy atom. The van der Waals surface area contributed by atoms with Crippen LogP contribution in [0.25, 0.3) is 10.9 Å². The van der Waals surface area contributed by atoms with Gasteiger partial charge in [-0.25, -0.2) is 4.98 Å². The lowest BCUT2D eigenvalue weighted by Crippen LogP contribution is -1.93. The van der Waals surface area contributed by atoms with E-state index in [1.807, 2.05) is 25.1 Å². The molecule has 76 valence electrons. The second kappa shape index (κ2) is 3.58. The molecule has 15 heavy (non-hydrogen) atoms. The van der Waals surface area contributed by atoms with Gasteiger partial charge in [-0.05, 0) is 28.4 Å². The Bertz CT molecular complexity index is 554. The van der Waals surface area contributed by atoms with Gasteiger partial charge in [0.2, 0.25) is 0 Å². The summed E-state index contributed by atoms with van der Waals surface area (Å²) in [5, 5.41) is 11.5. The first-order valence-corrected chi connectivity index (χ1v) is 5.09. The van der Waals surface area contributed by atoms with Crippen LogP contribution in [0.1, 0.15) is 5.56 Å². The third-order valence-corrected chi connectivity index (χ3v) is 3.05. The zero-order valence-corrected chi connectivity index (χ0v) is 9.48. The van der Waals surface area contributed by atoms with Crippen LogP contribution in [0.3, 0.4) is 0 Å². The van der Waals surface area contributed by atoms with Crippen molar-refractivity contribution in [1.82, 2.24) is 4.98 Å². The monoisotopic (exact) mass is 266 g/mol. The summed E-state index contributed by atoms with van der Waals surface area (Å²) >= 11 is 3.23. The topological polar surface area (TPSA) is 56.0 Å². The van der Waals surface area contributed by atoms with Crippen LogP contribution in [0.15, 0.2) is 28.9 Å². The number of nitro groups is 1. The summed E-state index contributed by atoms with van der Waals surface area (Å²) in [5.41, 5.74) is 1.78. The van der Waals surface area contributed by atoms with E-state index in [1.54, 1.807) is 0 Å². The molecule has 0 aliphatic rings. The predicted molar refractivity (Wildman–Crippen MR) is 60.8 cm³/mol. The van der Waals surface area contributed by atoms with E-state index in [9.17, 15) is 10.1 Å². The summed E-state index contributed by atoms with van der Waals surface area (Å²) in [6.07, 6.45) is 1.28. The molecule has 0 spiro atoms. The Balaban J connectivity index is 2.86. The summed E-state index contributed by atoms with van der Waals surface area (Å²) in [4.78, 5) is 14.3. The quantitative estimate of drug-likeness (QED) is 0.588. The fraction of sp³-hybridized carbons (Fsp3) is 0.100. The third kappa shape index (κ3) is 1.59. The number of rotatable bonds is 1. The first-order chi connectivity index (χ1) is 7.11. The lowest BCUT2D eigenvalue weighted by atomic mass is 10.1. The van der Waals surface area contributed by atoms with Crippen molar-refractivity contribution in [1.29, 1.82) is 0 Å². The molecular weight excluding hydrogens is 260 g/mol. The number of aryl methyl sites for hydroxylation is 1. The number of para-hydroxylation sites is 1. The average Bonchev–Trinajstić information content (AvgIpc) is 2.19. The highest BCUT2D eigenvalue weighted by Gasteiger charge is 2.15. The molecule has 0 fully saturated rings. The van der Waals surface area contributed by atoms with Gasteiger partial charge in [0.1, 0.15) is 10.7 Å². The van der Waals surface area contributed by atoms with Crippen LogP contribution < -0.4 is 0 Å². The molecule has 1 heterocycles. The van der Waals surface area contributed by atoms with Crippen molar-refractivity contribution in [2.45, 2.75) is 6.92 Å². The normalized spacial score (nSPS) is 10.5. The molecule has 0 atom stereocenters. The lowest BCUT2D eigenvalue weighted by molar-refractivity contribution is -0.385. The minimum Gasteiger partial charge on any atom is -0.258 e. The summed E-state index contributed by atoms with van der Waals surface area (Å²) in [6.45, 7) is 1.92. The maximum Gasteiger partial charge on any atom is 0.302 e. The number of nitrogens with zero attached hydrogens (tertiary/aromatic N) is 2. The number of hydrogen-bond donors (Lipinski definition) is 0. The Morgan fingerprint density at radius 3 is 2.87 bits per heavy atom. The van der Waals surface area contributed by atoms with Crippen LogP contribution in [-0.4, -0.2) is 9.91 Å². The van der Waals surface area contributed by atoms with Crippen LogP contribution >= 0.6 is 15.9 Å². The van der Waals surface area contributed by atoms with Gasteiger partial charge in [-0.1, -0.05) is 18.2 Å². The van der Waals surface area contributed by atoms with Crippen LogP contribution in [0.4, 0.5) is 5.69 Å². The minimum atomic E-state index is -0.446. The van der Waals surface area contributed by atoms with Crippen molar-refractivity contribution >= 4 is 32.5 Å². The van der Waals surface area contributed by atoms with E-state index < -0.39 is 4.92 Å². The largest absolute Gasteiger partial charge is 0.302 e.